The number of benzene rings is 4. The summed E-state index contributed by atoms with van der Waals surface area (Å²) >= 11 is 6.38. The van der Waals surface area contributed by atoms with Crippen LogP contribution in [0.25, 0.3) is 0 Å². The summed E-state index contributed by atoms with van der Waals surface area (Å²) in [6.45, 7) is 0.167. The molecule has 4 aromatic carbocycles. The first-order valence-corrected chi connectivity index (χ1v) is 16.8. The Morgan fingerprint density at radius 3 is 2.27 bits per heavy atom. The second-order valence-corrected chi connectivity index (χ2v) is 13.7. The summed E-state index contributed by atoms with van der Waals surface area (Å²) in [7, 11) is 1.46. The Kier molecular flexibility index (Phi) is 7.45. The highest BCUT2D eigenvalue weighted by molar-refractivity contribution is 6.32. The summed E-state index contributed by atoms with van der Waals surface area (Å²) in [5, 5.41) is 11.4. The Morgan fingerprint density at radius 1 is 0.837 bits per heavy atom. The van der Waals surface area contributed by atoms with E-state index in [0.29, 0.717) is 28.3 Å². The highest BCUT2D eigenvalue weighted by Gasteiger charge is 2.70. The van der Waals surface area contributed by atoms with Crippen molar-refractivity contribution in [2.24, 2.45) is 23.7 Å². The molecule has 9 heteroatoms. The van der Waals surface area contributed by atoms with Gasteiger partial charge in [-0.25, -0.2) is 4.90 Å². The maximum atomic E-state index is 15.3. The molecule has 0 unspecified atom stereocenters. The van der Waals surface area contributed by atoms with Gasteiger partial charge in [0.2, 0.25) is 23.6 Å². The van der Waals surface area contributed by atoms with Crippen molar-refractivity contribution < 1.29 is 29.0 Å². The molecule has 4 aliphatic rings. The SMILES string of the molecule is COc1ccc([C@H]2C3=CC[C@@H]4C(=O)N(Cc5ccccc5)C(=O)[C@@H]4[C@@H]3C[C@H]3C(=O)N(c4cccc(Cl)c4)C(=O)[C@@]23c2ccccc2)cc1O. The number of methoxy groups -OCH3 is 1. The smallest absolute Gasteiger partial charge is 0.246 e. The molecule has 0 aromatic heterocycles. The van der Waals surface area contributed by atoms with E-state index in [1.807, 2.05) is 72.8 Å². The normalized spacial score (nSPS) is 27.5. The van der Waals surface area contributed by atoms with Gasteiger partial charge in [0.25, 0.3) is 0 Å². The number of phenols is 1. The monoisotopic (exact) mass is 672 g/mol. The van der Waals surface area contributed by atoms with E-state index in [1.54, 1.807) is 36.4 Å². The molecule has 0 bridgehead atoms. The molecule has 0 radical (unpaired) electrons. The van der Waals surface area contributed by atoms with Crippen LogP contribution in [0.1, 0.15) is 35.4 Å². The third kappa shape index (κ3) is 4.57. The number of likely N-dealkylation sites (tertiary alicyclic amines) is 1. The summed E-state index contributed by atoms with van der Waals surface area (Å²) in [6, 6.07) is 30.4. The van der Waals surface area contributed by atoms with Crippen molar-refractivity contribution in [3.8, 4) is 11.5 Å². The number of rotatable bonds is 6. The average Bonchev–Trinajstić information content (AvgIpc) is 3.49. The van der Waals surface area contributed by atoms with Crippen LogP contribution in [-0.4, -0.2) is 40.7 Å². The number of hydrogen-bond donors (Lipinski definition) is 1. The summed E-state index contributed by atoms with van der Waals surface area (Å²) < 4.78 is 5.36. The predicted molar refractivity (Wildman–Crippen MR) is 183 cm³/mol. The summed E-state index contributed by atoms with van der Waals surface area (Å²) in [6.07, 6.45) is 2.52. The largest absolute Gasteiger partial charge is 0.504 e. The number of carbonyl (C=O) groups excluding carboxylic acids is 4. The summed E-state index contributed by atoms with van der Waals surface area (Å²) in [4.78, 5) is 60.9. The number of imide groups is 2. The van der Waals surface area contributed by atoms with Crippen LogP contribution in [0.3, 0.4) is 0 Å². The van der Waals surface area contributed by atoms with E-state index in [1.165, 1.54) is 16.9 Å². The van der Waals surface area contributed by atoms with Crippen LogP contribution in [-0.2, 0) is 31.1 Å². The fourth-order valence-corrected chi connectivity index (χ4v) is 9.18. The minimum absolute atomic E-state index is 0.110. The van der Waals surface area contributed by atoms with Gasteiger partial charge in [0.15, 0.2) is 11.5 Å². The molecule has 6 atom stereocenters. The van der Waals surface area contributed by atoms with Crippen molar-refractivity contribution in [2.45, 2.75) is 30.7 Å². The molecule has 246 valence electrons. The molecule has 0 spiro atoms. The zero-order chi connectivity index (χ0) is 34.0. The molecule has 2 saturated heterocycles. The van der Waals surface area contributed by atoms with Gasteiger partial charge in [0, 0.05) is 10.9 Å². The van der Waals surface area contributed by atoms with E-state index in [2.05, 4.69) is 0 Å². The highest BCUT2D eigenvalue weighted by atomic mass is 35.5. The van der Waals surface area contributed by atoms with Crippen LogP contribution in [0, 0.1) is 23.7 Å². The number of amides is 4. The molecular weight excluding hydrogens is 640 g/mol. The van der Waals surface area contributed by atoms with Gasteiger partial charge in [-0.15, -0.1) is 0 Å². The number of aromatic hydroxyl groups is 1. The maximum absolute atomic E-state index is 15.3. The number of nitrogens with zero attached hydrogens (tertiary/aromatic N) is 2. The fraction of sp³-hybridized carbons (Fsp3) is 0.250. The Balaban J connectivity index is 1.33. The van der Waals surface area contributed by atoms with Gasteiger partial charge in [-0.2, -0.15) is 0 Å². The lowest BCUT2D eigenvalue weighted by atomic mass is 9.49. The van der Waals surface area contributed by atoms with Gasteiger partial charge < -0.3 is 9.84 Å². The van der Waals surface area contributed by atoms with E-state index in [9.17, 15) is 19.5 Å². The average molecular weight is 673 g/mol. The summed E-state index contributed by atoms with van der Waals surface area (Å²) in [5.41, 5.74) is 1.87. The minimum Gasteiger partial charge on any atom is -0.504 e. The number of hydrogen-bond acceptors (Lipinski definition) is 6. The van der Waals surface area contributed by atoms with Gasteiger partial charge in [-0.3, -0.25) is 24.1 Å². The minimum atomic E-state index is -1.42. The lowest BCUT2D eigenvalue weighted by Gasteiger charge is -2.50. The van der Waals surface area contributed by atoms with Crippen molar-refractivity contribution in [1.82, 2.24) is 4.90 Å². The molecule has 4 amide bonds. The maximum Gasteiger partial charge on any atom is 0.246 e. The van der Waals surface area contributed by atoms with E-state index in [0.717, 1.165) is 11.1 Å². The van der Waals surface area contributed by atoms with Gasteiger partial charge in [0.05, 0.1) is 42.5 Å². The first-order chi connectivity index (χ1) is 23.7. The van der Waals surface area contributed by atoms with Crippen molar-refractivity contribution in [3.05, 3.63) is 136 Å². The Bertz CT molecular complexity index is 2050. The van der Waals surface area contributed by atoms with Crippen molar-refractivity contribution in [3.63, 3.8) is 0 Å². The highest BCUT2D eigenvalue weighted by Crippen LogP contribution is 2.64. The number of ether oxygens (including phenoxy) is 1. The third-order valence-electron chi connectivity index (χ3n) is 11.0. The molecule has 1 N–H and O–H groups in total. The molecule has 49 heavy (non-hydrogen) atoms. The first-order valence-electron chi connectivity index (χ1n) is 16.4. The predicted octanol–water partition coefficient (Wildman–Crippen LogP) is 6.42. The van der Waals surface area contributed by atoms with Crippen LogP contribution in [0.2, 0.25) is 5.02 Å². The number of phenolic OH excluding ortho intramolecular Hbond substituents is 1. The quantitative estimate of drug-likeness (QED) is 0.187. The molecule has 2 heterocycles. The zero-order valence-electron chi connectivity index (χ0n) is 26.7. The Labute approximate surface area is 288 Å². The molecule has 1 saturated carbocycles. The van der Waals surface area contributed by atoms with Gasteiger partial charge in [-0.1, -0.05) is 96.0 Å². The second kappa shape index (κ2) is 11.7. The second-order valence-electron chi connectivity index (χ2n) is 13.3. The number of halogens is 1. The van der Waals surface area contributed by atoms with E-state index >= 15 is 4.79 Å². The topological polar surface area (TPSA) is 104 Å². The number of anilines is 1. The van der Waals surface area contributed by atoms with Crippen LogP contribution >= 0.6 is 11.6 Å². The van der Waals surface area contributed by atoms with Crippen molar-refractivity contribution in [1.29, 1.82) is 0 Å². The van der Waals surface area contributed by atoms with E-state index in [-0.39, 0.29) is 36.3 Å². The number of carbonyl (C=O) groups is 4. The lowest BCUT2D eigenvalue weighted by molar-refractivity contribution is -0.141. The Hall–Kier alpha value is -5.21. The van der Waals surface area contributed by atoms with Crippen LogP contribution in [0.4, 0.5) is 5.69 Å². The molecule has 8 nitrogen and oxygen atoms in total. The van der Waals surface area contributed by atoms with Crippen molar-refractivity contribution in [2.75, 3.05) is 12.0 Å². The standard InChI is InChI=1S/C40H33ClN2O6/c1-49-33-18-15-24(19-32(33)44)35-28-16-17-29-34(38(47)42(36(29)45)22-23-9-4-2-5-10-23)30(28)21-31-37(46)43(27-14-8-13-26(41)20-27)39(48)40(31,35)25-11-6-3-7-12-25/h2-16,18-20,29-31,34-35,44H,17,21-22H2,1H3/t29-,30+,31-,34-,35-,40+/m0/s1. The molecule has 8 rings (SSSR count). The van der Waals surface area contributed by atoms with Crippen LogP contribution in [0.5, 0.6) is 11.5 Å². The van der Waals surface area contributed by atoms with Gasteiger partial charge in [0.1, 0.15) is 0 Å². The van der Waals surface area contributed by atoms with E-state index < -0.39 is 46.8 Å². The number of allylic oxidation sites excluding steroid dienone is 2. The van der Waals surface area contributed by atoms with Crippen LogP contribution < -0.4 is 9.64 Å². The molecular formula is C40H33ClN2O6. The third-order valence-corrected chi connectivity index (χ3v) is 11.2. The Morgan fingerprint density at radius 2 is 1.57 bits per heavy atom. The van der Waals surface area contributed by atoms with E-state index in [4.69, 9.17) is 16.3 Å². The zero-order valence-corrected chi connectivity index (χ0v) is 27.4. The molecule has 2 aliphatic carbocycles. The molecule has 4 aromatic rings. The summed E-state index contributed by atoms with van der Waals surface area (Å²) in [5.74, 6) is -4.52. The van der Waals surface area contributed by atoms with Crippen LogP contribution in [0.15, 0.2) is 115 Å². The van der Waals surface area contributed by atoms with Crippen molar-refractivity contribution >= 4 is 40.9 Å². The first kappa shape index (κ1) is 31.1. The number of fused-ring (bicyclic) bond motifs is 4. The fourth-order valence-electron chi connectivity index (χ4n) is 8.99. The van der Waals surface area contributed by atoms with Gasteiger partial charge in [-0.05, 0) is 65.8 Å². The molecule has 3 fully saturated rings. The van der Waals surface area contributed by atoms with Gasteiger partial charge >= 0.3 is 0 Å². The lowest BCUT2D eigenvalue weighted by Crippen LogP contribution is -2.53. The molecule has 2 aliphatic heterocycles.